The summed E-state index contributed by atoms with van der Waals surface area (Å²) in [5.41, 5.74) is 0. The zero-order valence-electron chi connectivity index (χ0n) is 6.51. The van der Waals surface area contributed by atoms with Crippen molar-refractivity contribution in [3.8, 4) is 0 Å². The van der Waals surface area contributed by atoms with E-state index in [1.165, 1.54) is 18.6 Å². The van der Waals surface area contributed by atoms with Crippen LogP contribution < -0.4 is 5.32 Å². The summed E-state index contributed by atoms with van der Waals surface area (Å²) < 4.78 is 5.19. The summed E-state index contributed by atoms with van der Waals surface area (Å²) >= 11 is 2.00. The Balaban J connectivity index is 1.82. The Kier molecular flexibility index (Phi) is 2.72. The van der Waals surface area contributed by atoms with Crippen molar-refractivity contribution < 1.29 is 4.74 Å². The van der Waals surface area contributed by atoms with Crippen LogP contribution in [0.3, 0.4) is 0 Å². The predicted octanol–water partition coefficient (Wildman–Crippen LogP) is 1.11. The number of thioether (sulfide) groups is 1. The van der Waals surface area contributed by atoms with Crippen LogP contribution in [0.1, 0.15) is 12.8 Å². The largest absolute Gasteiger partial charge is 0.368 e. The van der Waals surface area contributed by atoms with Gasteiger partial charge in [0.1, 0.15) is 6.61 Å². The molecule has 0 spiro atoms. The molecule has 0 aliphatic carbocycles. The van der Waals surface area contributed by atoms with Gasteiger partial charge in [-0.3, -0.25) is 0 Å². The smallest absolute Gasteiger partial charge is 0.138 e. The van der Waals surface area contributed by atoms with Crippen LogP contribution >= 0.6 is 11.8 Å². The van der Waals surface area contributed by atoms with Crippen molar-refractivity contribution >= 4 is 11.8 Å². The molecule has 0 aromatic rings. The molecule has 2 unspecified atom stereocenters. The Hall–Kier alpha value is 0.270. The van der Waals surface area contributed by atoms with Crippen LogP contribution in [0.25, 0.3) is 0 Å². The van der Waals surface area contributed by atoms with Crippen LogP contribution in [0.2, 0.25) is 0 Å². The summed E-state index contributed by atoms with van der Waals surface area (Å²) in [7, 11) is 0. The molecule has 2 heterocycles. The number of nitrogens with one attached hydrogen (secondary N) is 1. The van der Waals surface area contributed by atoms with Crippen molar-refractivity contribution in [1.29, 1.82) is 0 Å². The standard InChI is InChI=1S/C8H13NOS/c1-2-7(6-10-4-1)8-9-3-5-11-8/h7-9H,1-5H2. The number of hydrogen-bond acceptors (Lipinski definition) is 3. The summed E-state index contributed by atoms with van der Waals surface area (Å²) in [6.07, 6.45) is 2.43. The average molecular weight is 171 g/mol. The zero-order valence-corrected chi connectivity index (χ0v) is 7.32. The van der Waals surface area contributed by atoms with Crippen LogP contribution in [-0.4, -0.2) is 24.3 Å². The second kappa shape index (κ2) is 3.78. The Labute approximate surface area is 72.1 Å². The van der Waals surface area contributed by atoms with Gasteiger partial charge >= 0.3 is 0 Å². The van der Waals surface area contributed by atoms with E-state index in [0.717, 1.165) is 13.2 Å². The van der Waals surface area contributed by atoms with Crippen molar-refractivity contribution in [2.24, 2.45) is 5.92 Å². The van der Waals surface area contributed by atoms with Crippen LogP contribution in [0.5, 0.6) is 0 Å². The van der Waals surface area contributed by atoms with E-state index in [-0.39, 0.29) is 0 Å². The van der Waals surface area contributed by atoms with Crippen molar-refractivity contribution in [1.82, 2.24) is 5.32 Å². The van der Waals surface area contributed by atoms with E-state index >= 15 is 0 Å². The highest BCUT2D eigenvalue weighted by atomic mass is 32.2. The summed E-state index contributed by atoms with van der Waals surface area (Å²) in [6.45, 7) is 5.09. The van der Waals surface area contributed by atoms with Crippen molar-refractivity contribution in [3.63, 3.8) is 0 Å². The molecule has 1 N–H and O–H groups in total. The van der Waals surface area contributed by atoms with E-state index in [4.69, 9.17) is 4.74 Å². The Morgan fingerprint density at radius 3 is 3.18 bits per heavy atom. The lowest BCUT2D eigenvalue weighted by atomic mass is 10.0. The molecule has 0 aromatic carbocycles. The van der Waals surface area contributed by atoms with Crippen LogP contribution in [0, 0.1) is 12.5 Å². The van der Waals surface area contributed by atoms with Crippen LogP contribution in [0.15, 0.2) is 0 Å². The van der Waals surface area contributed by atoms with Gasteiger partial charge in [-0.05, 0) is 12.8 Å². The molecular formula is C8H13NOS. The third-order valence-corrected chi connectivity index (χ3v) is 3.40. The minimum atomic E-state index is 0.524. The van der Waals surface area contributed by atoms with Crippen molar-refractivity contribution in [3.05, 3.63) is 6.61 Å². The molecule has 0 aromatic heterocycles. The highest BCUT2D eigenvalue weighted by Gasteiger charge is 2.27. The molecule has 2 rings (SSSR count). The van der Waals surface area contributed by atoms with E-state index in [0.29, 0.717) is 11.3 Å². The zero-order chi connectivity index (χ0) is 7.52. The van der Waals surface area contributed by atoms with Crippen LogP contribution in [0.4, 0.5) is 0 Å². The summed E-state index contributed by atoms with van der Waals surface area (Å²) in [6, 6.07) is 0. The quantitative estimate of drug-likeness (QED) is 0.638. The maximum absolute atomic E-state index is 5.19. The molecule has 2 radical (unpaired) electrons. The third-order valence-electron chi connectivity index (χ3n) is 2.11. The van der Waals surface area contributed by atoms with Gasteiger partial charge in [0.15, 0.2) is 0 Å². The molecule has 0 bridgehead atoms. The molecule has 62 valence electrons. The molecule has 2 atom stereocenters. The van der Waals surface area contributed by atoms with Gasteiger partial charge in [-0.25, -0.2) is 0 Å². The van der Waals surface area contributed by atoms with E-state index in [1.54, 1.807) is 0 Å². The molecule has 0 saturated carbocycles. The minimum absolute atomic E-state index is 0.524. The Bertz CT molecular complexity index is 119. The van der Waals surface area contributed by atoms with Gasteiger partial charge in [-0.1, -0.05) is 0 Å². The molecular weight excluding hydrogens is 158 g/mol. The van der Waals surface area contributed by atoms with Gasteiger partial charge in [0.25, 0.3) is 0 Å². The molecule has 2 saturated heterocycles. The number of ether oxygens (including phenoxy) is 1. The van der Waals surface area contributed by atoms with E-state index in [2.05, 4.69) is 11.9 Å². The highest BCUT2D eigenvalue weighted by Crippen LogP contribution is 2.29. The molecule has 2 nitrogen and oxygen atoms in total. The summed E-state index contributed by atoms with van der Waals surface area (Å²) in [4.78, 5) is 0. The number of rotatable bonds is 1. The lowest BCUT2D eigenvalue weighted by Crippen LogP contribution is -2.31. The molecule has 3 heteroatoms. The fraction of sp³-hybridized carbons (Fsp3) is 0.875. The van der Waals surface area contributed by atoms with Gasteiger partial charge < -0.3 is 10.1 Å². The van der Waals surface area contributed by atoms with Gasteiger partial charge in [0.2, 0.25) is 0 Å². The molecule has 0 amide bonds. The first-order valence-electron chi connectivity index (χ1n) is 4.19. The molecule has 2 aliphatic rings. The van der Waals surface area contributed by atoms with Crippen LogP contribution in [-0.2, 0) is 4.74 Å². The minimum Gasteiger partial charge on any atom is -0.368 e. The molecule has 2 fully saturated rings. The summed E-state index contributed by atoms with van der Waals surface area (Å²) in [5, 5.41) is 4.03. The normalized spacial score (nSPS) is 39.3. The lowest BCUT2D eigenvalue weighted by Gasteiger charge is -2.25. The van der Waals surface area contributed by atoms with Gasteiger partial charge in [0.05, 0.1) is 5.37 Å². The number of hydrogen-bond donors (Lipinski definition) is 1. The van der Waals surface area contributed by atoms with Gasteiger partial charge in [0, 0.05) is 24.8 Å². The van der Waals surface area contributed by atoms with E-state index < -0.39 is 0 Å². The van der Waals surface area contributed by atoms with E-state index in [1.807, 2.05) is 11.8 Å². The maximum atomic E-state index is 5.19. The fourth-order valence-corrected chi connectivity index (χ4v) is 2.67. The SMILES string of the molecule is [C]1OCCCC1C1NCCS1. The fourth-order valence-electron chi connectivity index (χ4n) is 1.52. The Morgan fingerprint density at radius 1 is 1.55 bits per heavy atom. The van der Waals surface area contributed by atoms with Gasteiger partial charge in [-0.2, -0.15) is 0 Å². The Morgan fingerprint density at radius 2 is 2.55 bits per heavy atom. The topological polar surface area (TPSA) is 21.3 Å². The highest BCUT2D eigenvalue weighted by molar-refractivity contribution is 8.00. The average Bonchev–Trinajstić information content (AvgIpc) is 2.58. The first kappa shape index (κ1) is 7.90. The first-order chi connectivity index (χ1) is 5.47. The lowest BCUT2D eigenvalue weighted by molar-refractivity contribution is 0.112. The maximum Gasteiger partial charge on any atom is 0.138 e. The van der Waals surface area contributed by atoms with Crippen molar-refractivity contribution in [2.45, 2.75) is 18.2 Å². The second-order valence-corrected chi connectivity index (χ2v) is 4.21. The summed E-state index contributed by atoms with van der Waals surface area (Å²) in [5.74, 6) is 1.76. The predicted molar refractivity (Wildman–Crippen MR) is 46.2 cm³/mol. The monoisotopic (exact) mass is 171 g/mol. The van der Waals surface area contributed by atoms with E-state index in [9.17, 15) is 0 Å². The second-order valence-electron chi connectivity index (χ2n) is 2.96. The third kappa shape index (κ3) is 1.89. The molecule has 11 heavy (non-hydrogen) atoms. The van der Waals surface area contributed by atoms with Crippen molar-refractivity contribution in [2.75, 3.05) is 18.9 Å². The molecule has 2 aliphatic heterocycles. The van der Waals surface area contributed by atoms with Gasteiger partial charge in [-0.15, -0.1) is 11.8 Å². The first-order valence-corrected chi connectivity index (χ1v) is 5.24.